The van der Waals surface area contributed by atoms with E-state index in [0.29, 0.717) is 42.5 Å². The second kappa shape index (κ2) is 12.7. The van der Waals surface area contributed by atoms with Gasteiger partial charge in [-0.25, -0.2) is 4.79 Å². The van der Waals surface area contributed by atoms with E-state index >= 15 is 0 Å². The Morgan fingerprint density at radius 1 is 1.31 bits per heavy atom. The van der Waals surface area contributed by atoms with Gasteiger partial charge in [-0.3, -0.25) is 9.59 Å². The molecule has 0 bridgehead atoms. The number of fused-ring (bicyclic) bond motifs is 1. The smallest absolute Gasteiger partial charge is 0.333 e. The highest BCUT2D eigenvalue weighted by molar-refractivity contribution is 5.88. The van der Waals surface area contributed by atoms with Crippen LogP contribution in [0.5, 0.6) is 0 Å². The normalized spacial score (nSPS) is 32.1. The molecule has 1 aliphatic heterocycles. The summed E-state index contributed by atoms with van der Waals surface area (Å²) in [4.78, 5) is 37.6. The van der Waals surface area contributed by atoms with Gasteiger partial charge in [-0.05, 0) is 52.2 Å². The van der Waals surface area contributed by atoms with E-state index in [4.69, 9.17) is 18.9 Å². The molecule has 1 N–H and O–H groups in total. The van der Waals surface area contributed by atoms with Gasteiger partial charge in [0.1, 0.15) is 24.6 Å². The highest BCUT2D eigenvalue weighted by atomic mass is 16.6. The van der Waals surface area contributed by atoms with Crippen molar-refractivity contribution in [2.24, 2.45) is 11.8 Å². The molecule has 0 radical (unpaired) electrons. The third-order valence-corrected chi connectivity index (χ3v) is 5.84. The molecule has 2 aliphatic rings. The first kappa shape index (κ1) is 26.0. The number of carbonyl (C=O) groups excluding carboxylic acids is 3. The predicted octanol–water partition coefficient (Wildman–Crippen LogP) is 2.30. The van der Waals surface area contributed by atoms with Gasteiger partial charge < -0.3 is 24.1 Å². The molecule has 178 valence electrons. The van der Waals surface area contributed by atoms with Crippen LogP contribution in [-0.4, -0.2) is 68.1 Å². The molecule has 0 aromatic heterocycles. The summed E-state index contributed by atoms with van der Waals surface area (Å²) in [6.07, 6.45) is 4.13. The van der Waals surface area contributed by atoms with E-state index in [9.17, 15) is 19.5 Å². The number of aliphatic hydroxyl groups is 1. The van der Waals surface area contributed by atoms with Crippen molar-refractivity contribution in [2.45, 2.75) is 58.8 Å². The number of allylic oxidation sites excluding steroid dienone is 2. The number of ether oxygens (including phenoxy) is 4. The van der Waals surface area contributed by atoms with Gasteiger partial charge in [0.25, 0.3) is 0 Å². The Labute approximate surface area is 189 Å². The zero-order valence-corrected chi connectivity index (χ0v) is 19.2. The number of esters is 2. The summed E-state index contributed by atoms with van der Waals surface area (Å²) < 4.78 is 23.0. The molecule has 8 heteroatoms. The highest BCUT2D eigenvalue weighted by Gasteiger charge is 2.52. The molecule has 0 aromatic rings. The van der Waals surface area contributed by atoms with Gasteiger partial charge in [0.2, 0.25) is 0 Å². The summed E-state index contributed by atoms with van der Waals surface area (Å²) in [5, 5.41) is 9.80. The zero-order valence-electron chi connectivity index (χ0n) is 19.2. The zero-order chi connectivity index (χ0) is 23.7. The average Bonchev–Trinajstić information content (AvgIpc) is 3.10. The minimum absolute atomic E-state index is 0.0778. The van der Waals surface area contributed by atoms with E-state index in [1.807, 2.05) is 6.92 Å². The van der Waals surface area contributed by atoms with Crippen molar-refractivity contribution >= 4 is 18.2 Å². The molecular formula is C24H34O8. The van der Waals surface area contributed by atoms with Crippen molar-refractivity contribution < 1.29 is 38.4 Å². The first-order valence-electron chi connectivity index (χ1n) is 11.1. The van der Waals surface area contributed by atoms with E-state index in [0.717, 1.165) is 0 Å². The Bertz CT molecular complexity index is 766. The third kappa shape index (κ3) is 6.15. The van der Waals surface area contributed by atoms with Gasteiger partial charge in [-0.2, -0.15) is 0 Å². The quantitative estimate of drug-likeness (QED) is 0.247. The van der Waals surface area contributed by atoms with Crippen LogP contribution in [0.1, 0.15) is 40.5 Å². The topological polar surface area (TPSA) is 108 Å². The molecule has 1 aliphatic carbocycles. The minimum Gasteiger partial charge on any atom is -0.457 e. The number of hydrogen-bond donors (Lipinski definition) is 1. The molecule has 1 heterocycles. The van der Waals surface area contributed by atoms with E-state index in [2.05, 4.69) is 0 Å². The Balaban J connectivity index is 2.64. The molecule has 2 rings (SSSR count). The van der Waals surface area contributed by atoms with Crippen LogP contribution in [0, 0.1) is 11.8 Å². The maximum absolute atomic E-state index is 12.8. The molecule has 32 heavy (non-hydrogen) atoms. The summed E-state index contributed by atoms with van der Waals surface area (Å²) >= 11 is 0. The van der Waals surface area contributed by atoms with Gasteiger partial charge in [-0.1, -0.05) is 12.2 Å². The lowest BCUT2D eigenvalue weighted by molar-refractivity contribution is -0.159. The van der Waals surface area contributed by atoms with Gasteiger partial charge in [0.05, 0.1) is 25.0 Å². The lowest BCUT2D eigenvalue weighted by Gasteiger charge is -2.35. The molecule has 5 atom stereocenters. The van der Waals surface area contributed by atoms with E-state index in [-0.39, 0.29) is 19.8 Å². The SMILES string of the molecule is C/C=C(/C)C(=O)O[C@H]1[C@@H]2[C@@H](/C=C(\CO)CC/C=C(/C=O)[C@@H]1OCC)OC(=O)[C@@H]2COCC. The summed E-state index contributed by atoms with van der Waals surface area (Å²) in [5.41, 5.74) is 1.40. The Morgan fingerprint density at radius 2 is 2.06 bits per heavy atom. The van der Waals surface area contributed by atoms with Crippen molar-refractivity contribution in [1.29, 1.82) is 0 Å². The Kier molecular flexibility index (Phi) is 10.3. The Morgan fingerprint density at radius 3 is 2.66 bits per heavy atom. The monoisotopic (exact) mass is 450 g/mol. The third-order valence-electron chi connectivity index (χ3n) is 5.84. The number of aldehydes is 1. The fraction of sp³-hybridized carbons (Fsp3) is 0.625. The van der Waals surface area contributed by atoms with Crippen LogP contribution in [0.4, 0.5) is 0 Å². The fourth-order valence-electron chi connectivity index (χ4n) is 4.01. The summed E-state index contributed by atoms with van der Waals surface area (Å²) in [6, 6.07) is 0. The molecule has 0 aromatic carbocycles. The molecule has 1 saturated heterocycles. The van der Waals surface area contributed by atoms with Crippen molar-refractivity contribution in [3.63, 3.8) is 0 Å². The lowest BCUT2D eigenvalue weighted by atomic mass is 9.80. The van der Waals surface area contributed by atoms with Crippen molar-refractivity contribution in [3.05, 3.63) is 34.9 Å². The van der Waals surface area contributed by atoms with E-state index in [1.165, 1.54) is 0 Å². The minimum atomic E-state index is -0.981. The maximum Gasteiger partial charge on any atom is 0.333 e. The molecule has 8 nitrogen and oxygen atoms in total. The number of rotatable bonds is 9. The maximum atomic E-state index is 12.8. The van der Waals surface area contributed by atoms with Crippen LogP contribution in [0.15, 0.2) is 34.9 Å². The van der Waals surface area contributed by atoms with Crippen molar-refractivity contribution in [3.8, 4) is 0 Å². The van der Waals surface area contributed by atoms with Crippen LogP contribution in [0.3, 0.4) is 0 Å². The molecule has 0 spiro atoms. The molecule has 0 unspecified atom stereocenters. The van der Waals surface area contributed by atoms with Crippen LogP contribution in [0.25, 0.3) is 0 Å². The molecular weight excluding hydrogens is 416 g/mol. The van der Waals surface area contributed by atoms with Crippen LogP contribution >= 0.6 is 0 Å². The second-order valence-electron chi connectivity index (χ2n) is 7.81. The molecule has 1 fully saturated rings. The van der Waals surface area contributed by atoms with Crippen LogP contribution in [-0.2, 0) is 33.3 Å². The predicted molar refractivity (Wildman–Crippen MR) is 117 cm³/mol. The largest absolute Gasteiger partial charge is 0.457 e. The lowest BCUT2D eigenvalue weighted by Crippen LogP contribution is -2.47. The first-order chi connectivity index (χ1) is 15.4. The number of aliphatic hydroxyl groups excluding tert-OH is 1. The molecule has 0 saturated carbocycles. The van der Waals surface area contributed by atoms with E-state index in [1.54, 1.807) is 39.0 Å². The van der Waals surface area contributed by atoms with Gasteiger partial charge in [0.15, 0.2) is 0 Å². The fourth-order valence-corrected chi connectivity index (χ4v) is 4.01. The van der Waals surface area contributed by atoms with Gasteiger partial charge in [-0.15, -0.1) is 0 Å². The highest BCUT2D eigenvalue weighted by Crippen LogP contribution is 2.39. The van der Waals surface area contributed by atoms with Crippen molar-refractivity contribution in [1.82, 2.24) is 0 Å². The average molecular weight is 451 g/mol. The summed E-state index contributed by atoms with van der Waals surface area (Å²) in [7, 11) is 0. The Hall–Kier alpha value is -2.29. The number of carbonyl (C=O) groups is 3. The summed E-state index contributed by atoms with van der Waals surface area (Å²) in [6.45, 7) is 7.49. The standard InChI is InChI=1S/C24H34O8/c1-5-15(4)23(27)32-22-20-18(14-29-6-2)24(28)31-19(20)11-16(12-25)9-8-10-17(13-26)21(22)30-7-3/h5,10-11,13,18-22,25H,6-9,12,14H2,1-4H3/b15-5-,16-11-,17-10-/t18-,19-,20+,21+,22+/m1/s1. The van der Waals surface area contributed by atoms with Crippen LogP contribution in [0.2, 0.25) is 0 Å². The number of hydrogen-bond acceptors (Lipinski definition) is 8. The van der Waals surface area contributed by atoms with Crippen molar-refractivity contribution in [2.75, 3.05) is 26.4 Å². The van der Waals surface area contributed by atoms with Gasteiger partial charge >= 0.3 is 11.9 Å². The van der Waals surface area contributed by atoms with E-state index < -0.39 is 42.1 Å². The van der Waals surface area contributed by atoms with Crippen LogP contribution < -0.4 is 0 Å². The summed E-state index contributed by atoms with van der Waals surface area (Å²) in [5.74, 6) is -2.43. The first-order valence-corrected chi connectivity index (χ1v) is 11.1. The van der Waals surface area contributed by atoms with Gasteiger partial charge in [0, 0.05) is 24.4 Å². The second-order valence-corrected chi connectivity index (χ2v) is 7.81. The molecule has 0 amide bonds.